The van der Waals surface area contributed by atoms with Gasteiger partial charge >= 0.3 is 5.97 Å². The van der Waals surface area contributed by atoms with Crippen molar-refractivity contribution in [1.82, 2.24) is 4.98 Å². The fourth-order valence-corrected chi connectivity index (χ4v) is 2.30. The Balaban J connectivity index is 2.31. The molecule has 0 atom stereocenters. The second kappa shape index (κ2) is 6.43. The largest absolute Gasteiger partial charge is 0.477 e. The average Bonchev–Trinajstić information content (AvgIpc) is 2.43. The summed E-state index contributed by atoms with van der Waals surface area (Å²) < 4.78 is 0. The van der Waals surface area contributed by atoms with E-state index >= 15 is 0 Å². The minimum atomic E-state index is -1.00. The molecule has 0 spiro atoms. The van der Waals surface area contributed by atoms with Crippen molar-refractivity contribution in [1.29, 1.82) is 0 Å². The number of nitrogens with one attached hydrogen (secondary N) is 1. The number of pyridine rings is 1. The molecule has 5 heteroatoms. The van der Waals surface area contributed by atoms with E-state index in [0.29, 0.717) is 5.82 Å². The molecule has 0 bridgehead atoms. The molecule has 19 heavy (non-hydrogen) atoms. The van der Waals surface area contributed by atoms with Crippen LogP contribution < -0.4 is 5.32 Å². The van der Waals surface area contributed by atoms with Crippen LogP contribution in [0.4, 0.5) is 5.82 Å². The van der Waals surface area contributed by atoms with Crippen molar-refractivity contribution >= 4 is 34.3 Å². The van der Waals surface area contributed by atoms with Gasteiger partial charge < -0.3 is 10.4 Å². The Morgan fingerprint density at radius 2 is 2.21 bits per heavy atom. The van der Waals surface area contributed by atoms with Crippen LogP contribution in [-0.2, 0) is 0 Å². The highest BCUT2D eigenvalue weighted by atomic mass is 32.2. The molecule has 2 rings (SSSR count). The summed E-state index contributed by atoms with van der Waals surface area (Å²) in [5.74, 6) is 0.721. The fraction of sp³-hybridized carbons (Fsp3) is 0.286. The number of hydrogen-bond donors (Lipinski definition) is 2. The summed E-state index contributed by atoms with van der Waals surface area (Å²) in [6, 6.07) is 9.27. The third-order valence-corrected chi connectivity index (χ3v) is 3.47. The number of benzene rings is 1. The predicted molar refractivity (Wildman–Crippen MR) is 80.2 cm³/mol. The van der Waals surface area contributed by atoms with Gasteiger partial charge in [-0.3, -0.25) is 0 Å². The Labute approximate surface area is 116 Å². The zero-order chi connectivity index (χ0) is 13.7. The molecule has 0 aliphatic rings. The first-order valence-corrected chi connectivity index (χ1v) is 7.47. The third-order valence-electron chi connectivity index (χ3n) is 2.78. The number of nitrogens with zero attached hydrogens (tertiary/aromatic N) is 1. The molecule has 4 nitrogen and oxygen atoms in total. The lowest BCUT2D eigenvalue weighted by Crippen LogP contribution is -2.08. The van der Waals surface area contributed by atoms with Crippen LogP contribution in [0.5, 0.6) is 0 Å². The monoisotopic (exact) mass is 276 g/mol. The van der Waals surface area contributed by atoms with Crippen molar-refractivity contribution in [3.05, 3.63) is 36.0 Å². The van der Waals surface area contributed by atoms with Gasteiger partial charge in [-0.1, -0.05) is 24.3 Å². The van der Waals surface area contributed by atoms with E-state index in [1.807, 2.05) is 24.3 Å². The van der Waals surface area contributed by atoms with Gasteiger partial charge in [0.1, 0.15) is 5.82 Å². The van der Waals surface area contributed by atoms with Crippen molar-refractivity contribution in [2.75, 3.05) is 23.9 Å². The van der Waals surface area contributed by atoms with Crippen molar-refractivity contribution in [3.63, 3.8) is 0 Å². The van der Waals surface area contributed by atoms with Gasteiger partial charge in [0, 0.05) is 11.9 Å². The molecule has 2 N–H and O–H groups in total. The van der Waals surface area contributed by atoms with Crippen LogP contribution in [0, 0.1) is 0 Å². The molecule has 0 aliphatic carbocycles. The second-order valence-electron chi connectivity index (χ2n) is 4.16. The summed E-state index contributed by atoms with van der Waals surface area (Å²) in [4.78, 5) is 15.3. The number of thioether (sulfide) groups is 1. The summed E-state index contributed by atoms with van der Waals surface area (Å²) in [5.41, 5.74) is 0.0751. The van der Waals surface area contributed by atoms with E-state index in [1.54, 1.807) is 17.8 Å². The Kier molecular flexibility index (Phi) is 4.63. The molecule has 1 aromatic heterocycles. The van der Waals surface area contributed by atoms with Crippen molar-refractivity contribution in [2.24, 2.45) is 0 Å². The SMILES string of the molecule is CSCCCNc1nc(C(=O)O)cc2ccccc12. The smallest absolute Gasteiger partial charge is 0.354 e. The fourth-order valence-electron chi connectivity index (χ4n) is 1.87. The molecular weight excluding hydrogens is 260 g/mol. The predicted octanol–water partition coefficient (Wildman–Crippen LogP) is 3.10. The topological polar surface area (TPSA) is 62.2 Å². The number of carboxylic acids is 1. The number of aromatic nitrogens is 1. The Morgan fingerprint density at radius 1 is 1.42 bits per heavy atom. The first-order valence-electron chi connectivity index (χ1n) is 6.08. The summed E-state index contributed by atoms with van der Waals surface area (Å²) in [7, 11) is 0. The number of carbonyl (C=O) groups is 1. The summed E-state index contributed by atoms with van der Waals surface area (Å²) in [5, 5.41) is 14.2. The van der Waals surface area contributed by atoms with E-state index in [-0.39, 0.29) is 5.69 Å². The molecular formula is C14H16N2O2S. The van der Waals surface area contributed by atoms with E-state index in [2.05, 4.69) is 16.6 Å². The molecule has 0 amide bonds. The Hall–Kier alpha value is -1.75. The molecule has 100 valence electrons. The zero-order valence-corrected chi connectivity index (χ0v) is 11.5. The van der Waals surface area contributed by atoms with Gasteiger partial charge in [-0.25, -0.2) is 9.78 Å². The highest BCUT2D eigenvalue weighted by Crippen LogP contribution is 2.22. The quantitative estimate of drug-likeness (QED) is 0.794. The van der Waals surface area contributed by atoms with Gasteiger partial charge in [0.05, 0.1) is 0 Å². The second-order valence-corrected chi connectivity index (χ2v) is 5.14. The van der Waals surface area contributed by atoms with Gasteiger partial charge in [0.2, 0.25) is 0 Å². The van der Waals surface area contributed by atoms with Gasteiger partial charge in [-0.2, -0.15) is 11.8 Å². The lowest BCUT2D eigenvalue weighted by molar-refractivity contribution is 0.0691. The van der Waals surface area contributed by atoms with Crippen LogP contribution in [0.1, 0.15) is 16.9 Å². The Morgan fingerprint density at radius 3 is 2.95 bits per heavy atom. The maximum absolute atomic E-state index is 11.1. The van der Waals surface area contributed by atoms with Crippen molar-refractivity contribution < 1.29 is 9.90 Å². The zero-order valence-electron chi connectivity index (χ0n) is 10.7. The summed E-state index contributed by atoms with van der Waals surface area (Å²) >= 11 is 1.79. The lowest BCUT2D eigenvalue weighted by Gasteiger charge is -2.09. The van der Waals surface area contributed by atoms with Crippen LogP contribution >= 0.6 is 11.8 Å². The summed E-state index contributed by atoms with van der Waals surface area (Å²) in [6.45, 7) is 0.793. The van der Waals surface area contributed by atoms with Crippen molar-refractivity contribution in [3.8, 4) is 0 Å². The van der Waals surface area contributed by atoms with E-state index < -0.39 is 5.97 Å². The normalized spacial score (nSPS) is 10.6. The van der Waals surface area contributed by atoms with Gasteiger partial charge in [-0.05, 0) is 29.9 Å². The average molecular weight is 276 g/mol. The Bertz CT molecular complexity index is 587. The van der Waals surface area contributed by atoms with Gasteiger partial charge in [0.25, 0.3) is 0 Å². The number of aromatic carboxylic acids is 1. The maximum atomic E-state index is 11.1. The number of carboxylic acid groups (broad SMARTS) is 1. The van der Waals surface area contributed by atoms with Crippen LogP contribution in [0.25, 0.3) is 10.8 Å². The van der Waals surface area contributed by atoms with E-state index in [0.717, 1.165) is 29.5 Å². The minimum absolute atomic E-state index is 0.0751. The molecule has 0 unspecified atom stereocenters. The minimum Gasteiger partial charge on any atom is -0.477 e. The molecule has 0 saturated carbocycles. The highest BCUT2D eigenvalue weighted by Gasteiger charge is 2.10. The molecule has 0 fully saturated rings. The van der Waals surface area contributed by atoms with E-state index in [1.165, 1.54) is 0 Å². The van der Waals surface area contributed by atoms with Gasteiger partial charge in [-0.15, -0.1) is 0 Å². The van der Waals surface area contributed by atoms with Crippen LogP contribution in [0.15, 0.2) is 30.3 Å². The molecule has 0 aliphatic heterocycles. The molecule has 0 saturated heterocycles. The van der Waals surface area contributed by atoms with Gasteiger partial charge in [0.15, 0.2) is 5.69 Å². The molecule has 2 aromatic rings. The standard InChI is InChI=1S/C14H16N2O2S/c1-19-8-4-7-15-13-11-6-3-2-5-10(11)9-12(16-13)14(17)18/h2-3,5-6,9H,4,7-8H2,1H3,(H,15,16)(H,17,18). The van der Waals surface area contributed by atoms with Crippen LogP contribution in [0.2, 0.25) is 0 Å². The van der Waals surface area contributed by atoms with Crippen molar-refractivity contribution in [2.45, 2.75) is 6.42 Å². The van der Waals surface area contributed by atoms with E-state index in [4.69, 9.17) is 5.11 Å². The number of fused-ring (bicyclic) bond motifs is 1. The van der Waals surface area contributed by atoms with E-state index in [9.17, 15) is 4.79 Å². The van der Waals surface area contributed by atoms with Crippen LogP contribution in [0.3, 0.4) is 0 Å². The lowest BCUT2D eigenvalue weighted by atomic mass is 10.1. The highest BCUT2D eigenvalue weighted by molar-refractivity contribution is 7.98. The number of anilines is 1. The van der Waals surface area contributed by atoms with Crippen LogP contribution in [-0.4, -0.2) is 34.6 Å². The first kappa shape index (κ1) is 13.7. The number of hydrogen-bond acceptors (Lipinski definition) is 4. The summed E-state index contributed by atoms with van der Waals surface area (Å²) in [6.07, 6.45) is 3.09. The molecule has 1 heterocycles. The number of rotatable bonds is 6. The first-order chi connectivity index (χ1) is 9.22. The molecule has 0 radical (unpaired) electrons. The molecule has 1 aromatic carbocycles. The third kappa shape index (κ3) is 3.38. The maximum Gasteiger partial charge on any atom is 0.354 e.